The highest BCUT2D eigenvalue weighted by Crippen LogP contribution is 2.09. The van der Waals surface area contributed by atoms with Crippen molar-refractivity contribution in [2.24, 2.45) is 0 Å². The average Bonchev–Trinajstić information content (AvgIpc) is 2.34. The Morgan fingerprint density at radius 3 is 2.05 bits per heavy atom. The molecule has 0 amide bonds. The van der Waals surface area contributed by atoms with E-state index in [1.54, 1.807) is 24.3 Å². The molecule has 1 aromatic rings. The lowest BCUT2D eigenvalue weighted by Gasteiger charge is -1.97. The van der Waals surface area contributed by atoms with Crippen LogP contribution >= 0.6 is 0 Å². The van der Waals surface area contributed by atoms with Crippen LogP contribution in [0.15, 0.2) is 42.0 Å². The summed E-state index contributed by atoms with van der Waals surface area (Å²) in [6, 6.07) is 6.52. The summed E-state index contributed by atoms with van der Waals surface area (Å²) in [5.74, 6) is -2.71. The fraction of sp³-hybridized carbons (Fsp3) is 0.0714. The normalized spacial score (nSPS) is 11.5. The van der Waals surface area contributed by atoms with E-state index >= 15 is 0 Å². The Balaban J connectivity index is 2.94. The number of Topliss-reactive ketones (excluding diaryl/α,β-unsaturated/α-hetero) is 1. The molecular formula is C14H12O5. The maximum absolute atomic E-state index is 11.1. The molecule has 19 heavy (non-hydrogen) atoms. The van der Waals surface area contributed by atoms with Gasteiger partial charge in [-0.3, -0.25) is 4.79 Å². The lowest BCUT2D eigenvalue weighted by molar-refractivity contribution is -0.134. The number of hydrogen-bond donors (Lipinski definition) is 2. The number of aliphatic carboxylic acids is 2. The van der Waals surface area contributed by atoms with Gasteiger partial charge in [0.1, 0.15) is 0 Å². The Bertz CT molecular complexity index is 564. The summed E-state index contributed by atoms with van der Waals surface area (Å²) in [6.07, 6.45) is 3.27. The van der Waals surface area contributed by atoms with E-state index in [0.29, 0.717) is 17.2 Å². The van der Waals surface area contributed by atoms with E-state index in [4.69, 9.17) is 10.2 Å². The van der Waals surface area contributed by atoms with Crippen molar-refractivity contribution in [1.29, 1.82) is 0 Å². The predicted octanol–water partition coefficient (Wildman–Crippen LogP) is 2.00. The Labute approximate surface area is 109 Å². The summed E-state index contributed by atoms with van der Waals surface area (Å²) in [5.41, 5.74) is 0.891. The maximum atomic E-state index is 11.1. The number of rotatable bonds is 5. The van der Waals surface area contributed by atoms with E-state index in [2.05, 4.69) is 0 Å². The van der Waals surface area contributed by atoms with E-state index < -0.39 is 11.9 Å². The van der Waals surface area contributed by atoms with Crippen molar-refractivity contribution < 1.29 is 24.6 Å². The van der Waals surface area contributed by atoms with Crippen LogP contribution in [0.1, 0.15) is 22.8 Å². The lowest BCUT2D eigenvalue weighted by Crippen LogP contribution is -2.01. The van der Waals surface area contributed by atoms with Gasteiger partial charge in [-0.15, -0.1) is 0 Å². The summed E-state index contributed by atoms with van der Waals surface area (Å²) in [4.78, 5) is 32.3. The Hall–Kier alpha value is -2.69. The van der Waals surface area contributed by atoms with Crippen molar-refractivity contribution >= 4 is 23.8 Å². The first kappa shape index (κ1) is 14.4. The molecule has 98 valence electrons. The van der Waals surface area contributed by atoms with Gasteiger partial charge in [0.15, 0.2) is 5.78 Å². The van der Waals surface area contributed by atoms with Crippen LogP contribution in [0.4, 0.5) is 0 Å². The van der Waals surface area contributed by atoms with Gasteiger partial charge >= 0.3 is 11.9 Å². The highest BCUT2D eigenvalue weighted by molar-refractivity contribution is 5.98. The first-order valence-electron chi connectivity index (χ1n) is 5.37. The summed E-state index contributed by atoms with van der Waals surface area (Å²) >= 11 is 0. The van der Waals surface area contributed by atoms with Crippen molar-refractivity contribution in [3.05, 3.63) is 53.1 Å². The predicted molar refractivity (Wildman–Crippen MR) is 68.8 cm³/mol. The molecule has 0 radical (unpaired) electrons. The monoisotopic (exact) mass is 260 g/mol. The van der Waals surface area contributed by atoms with Gasteiger partial charge in [-0.2, -0.15) is 0 Å². The smallest absolute Gasteiger partial charge is 0.335 e. The minimum atomic E-state index is -1.33. The van der Waals surface area contributed by atoms with E-state index in [1.165, 1.54) is 19.1 Å². The third-order valence-electron chi connectivity index (χ3n) is 2.30. The van der Waals surface area contributed by atoms with Crippen LogP contribution in [0.5, 0.6) is 0 Å². The van der Waals surface area contributed by atoms with E-state index in [1.807, 2.05) is 0 Å². The van der Waals surface area contributed by atoms with Crippen molar-refractivity contribution in [2.75, 3.05) is 0 Å². The molecule has 0 bridgehead atoms. The number of carboxylic acids is 2. The molecular weight excluding hydrogens is 248 g/mol. The molecule has 5 nitrogen and oxygen atoms in total. The molecule has 1 rings (SSSR count). The first-order chi connectivity index (χ1) is 8.90. The van der Waals surface area contributed by atoms with Gasteiger partial charge < -0.3 is 10.2 Å². The summed E-state index contributed by atoms with van der Waals surface area (Å²) in [6.45, 7) is 1.45. The third kappa shape index (κ3) is 4.59. The molecule has 0 aromatic heterocycles. The second kappa shape index (κ2) is 6.30. The average molecular weight is 260 g/mol. The Kier molecular flexibility index (Phi) is 4.76. The fourth-order valence-electron chi connectivity index (χ4n) is 1.33. The van der Waals surface area contributed by atoms with Gasteiger partial charge in [-0.05, 0) is 18.6 Å². The Morgan fingerprint density at radius 2 is 1.63 bits per heavy atom. The molecule has 0 saturated carbocycles. The van der Waals surface area contributed by atoms with Gasteiger partial charge in [0, 0.05) is 11.6 Å². The first-order valence-corrected chi connectivity index (χ1v) is 5.37. The van der Waals surface area contributed by atoms with Gasteiger partial charge in [-0.1, -0.05) is 30.3 Å². The van der Waals surface area contributed by atoms with E-state index in [9.17, 15) is 14.4 Å². The van der Waals surface area contributed by atoms with Gasteiger partial charge in [0.2, 0.25) is 0 Å². The van der Waals surface area contributed by atoms with Crippen LogP contribution in [-0.2, 0) is 9.59 Å². The van der Waals surface area contributed by atoms with Gasteiger partial charge in [-0.25, -0.2) is 9.59 Å². The zero-order valence-corrected chi connectivity index (χ0v) is 10.2. The largest absolute Gasteiger partial charge is 0.478 e. The fourth-order valence-corrected chi connectivity index (χ4v) is 1.33. The standard InChI is InChI=1S/C14H12O5/c1-9(15)11-5-2-10(3-6-11)4-7-12(14(18)19)8-13(16)17/h2-8H,1H3,(H,16,17)(H,18,19)/b7-4+,12-8-. The number of carbonyl (C=O) groups excluding carboxylic acids is 1. The molecule has 0 saturated heterocycles. The zero-order chi connectivity index (χ0) is 14.4. The lowest BCUT2D eigenvalue weighted by atomic mass is 10.1. The molecule has 5 heteroatoms. The number of carboxylic acid groups (broad SMARTS) is 2. The van der Waals surface area contributed by atoms with Crippen molar-refractivity contribution in [3.63, 3.8) is 0 Å². The van der Waals surface area contributed by atoms with Crippen LogP contribution in [0.3, 0.4) is 0 Å². The molecule has 0 aliphatic carbocycles. The number of ketones is 1. The molecule has 1 aromatic carbocycles. The van der Waals surface area contributed by atoms with Crippen LogP contribution in [-0.4, -0.2) is 27.9 Å². The quantitative estimate of drug-likeness (QED) is 0.480. The van der Waals surface area contributed by atoms with Crippen LogP contribution in [0.25, 0.3) is 6.08 Å². The van der Waals surface area contributed by atoms with Crippen molar-refractivity contribution in [1.82, 2.24) is 0 Å². The van der Waals surface area contributed by atoms with Gasteiger partial charge in [0.25, 0.3) is 0 Å². The molecule has 0 atom stereocenters. The molecule has 0 fully saturated rings. The topological polar surface area (TPSA) is 91.7 Å². The van der Waals surface area contributed by atoms with Crippen LogP contribution < -0.4 is 0 Å². The number of benzene rings is 1. The van der Waals surface area contributed by atoms with Crippen molar-refractivity contribution in [3.8, 4) is 0 Å². The van der Waals surface area contributed by atoms with Crippen LogP contribution in [0, 0.1) is 0 Å². The Morgan fingerprint density at radius 1 is 1.05 bits per heavy atom. The van der Waals surface area contributed by atoms with E-state index in [-0.39, 0.29) is 11.4 Å². The molecule has 0 aliphatic heterocycles. The molecule has 0 spiro atoms. The molecule has 0 heterocycles. The summed E-state index contributed by atoms with van der Waals surface area (Å²) in [5, 5.41) is 17.3. The second-order valence-corrected chi connectivity index (χ2v) is 3.75. The number of hydrogen-bond acceptors (Lipinski definition) is 3. The van der Waals surface area contributed by atoms with Gasteiger partial charge in [0.05, 0.1) is 5.57 Å². The molecule has 2 N–H and O–H groups in total. The third-order valence-corrected chi connectivity index (χ3v) is 2.30. The minimum Gasteiger partial charge on any atom is -0.478 e. The SMILES string of the molecule is CC(=O)c1ccc(/C=C/C(=C/C(=O)O)C(=O)O)cc1. The highest BCUT2D eigenvalue weighted by atomic mass is 16.4. The van der Waals surface area contributed by atoms with E-state index in [0.717, 1.165) is 0 Å². The summed E-state index contributed by atoms with van der Waals surface area (Å²) < 4.78 is 0. The molecule has 0 aliphatic rings. The highest BCUT2D eigenvalue weighted by Gasteiger charge is 2.05. The summed E-state index contributed by atoms with van der Waals surface area (Å²) in [7, 11) is 0. The minimum absolute atomic E-state index is 0.0625. The zero-order valence-electron chi connectivity index (χ0n) is 10.2. The van der Waals surface area contributed by atoms with Crippen LogP contribution in [0.2, 0.25) is 0 Å². The second-order valence-electron chi connectivity index (χ2n) is 3.75. The maximum Gasteiger partial charge on any atom is 0.335 e. The van der Waals surface area contributed by atoms with Crippen molar-refractivity contribution in [2.45, 2.75) is 6.92 Å². The number of carbonyl (C=O) groups is 3. The molecule has 0 unspecified atom stereocenters.